The first kappa shape index (κ1) is 20.2. The molecule has 0 saturated heterocycles. The Morgan fingerprint density at radius 3 is 2.72 bits per heavy atom. The largest absolute Gasteiger partial charge is 0.454 e. The Balaban J connectivity index is 1.94. The van der Waals surface area contributed by atoms with E-state index in [0.717, 1.165) is 4.88 Å². The fraction of sp³-hybridized carbons (Fsp3) is 0.250. The van der Waals surface area contributed by atoms with Gasteiger partial charge in [0.25, 0.3) is 5.56 Å². The van der Waals surface area contributed by atoms with Crippen molar-refractivity contribution in [3.05, 3.63) is 56.4 Å². The molecule has 3 rings (SSSR count). The molecule has 1 N–H and O–H groups in total. The Morgan fingerprint density at radius 1 is 1.31 bits per heavy atom. The second kappa shape index (κ2) is 8.24. The molecule has 0 fully saturated rings. The highest BCUT2D eigenvalue weighted by Crippen LogP contribution is 2.33. The summed E-state index contributed by atoms with van der Waals surface area (Å²) in [5.74, 6) is -0.754. The van der Waals surface area contributed by atoms with E-state index in [9.17, 15) is 14.4 Å². The third-order valence-electron chi connectivity index (χ3n) is 4.38. The lowest BCUT2D eigenvalue weighted by molar-refractivity contribution is -0.114. The third-order valence-corrected chi connectivity index (χ3v) is 5.50. The van der Waals surface area contributed by atoms with Gasteiger partial charge in [0.2, 0.25) is 5.91 Å². The number of benzene rings is 1. The van der Waals surface area contributed by atoms with Crippen molar-refractivity contribution < 1.29 is 14.3 Å². The Morgan fingerprint density at radius 2 is 2.03 bits per heavy atom. The zero-order chi connectivity index (χ0) is 21.1. The minimum Gasteiger partial charge on any atom is -0.454 e. The zero-order valence-corrected chi connectivity index (χ0v) is 16.9. The number of nitriles is 1. The van der Waals surface area contributed by atoms with Crippen molar-refractivity contribution in [2.24, 2.45) is 0 Å². The highest BCUT2D eigenvalue weighted by atomic mass is 32.1. The van der Waals surface area contributed by atoms with Crippen molar-refractivity contribution in [1.29, 1.82) is 5.26 Å². The number of aryl methyl sites for hydroxylation is 1. The summed E-state index contributed by atoms with van der Waals surface area (Å²) >= 11 is 1.29. The van der Waals surface area contributed by atoms with Crippen LogP contribution in [0.15, 0.2) is 29.1 Å². The first-order valence-electron chi connectivity index (χ1n) is 8.73. The molecule has 0 aliphatic rings. The number of thiophene rings is 1. The van der Waals surface area contributed by atoms with Crippen LogP contribution in [-0.2, 0) is 22.7 Å². The van der Waals surface area contributed by atoms with Crippen molar-refractivity contribution in [3.8, 4) is 6.07 Å². The maximum Gasteiger partial charge on any atom is 0.341 e. The minimum absolute atomic E-state index is 0.175. The van der Waals surface area contributed by atoms with Gasteiger partial charge in [0.15, 0.2) is 5.82 Å². The van der Waals surface area contributed by atoms with Crippen LogP contribution in [0.25, 0.3) is 10.9 Å². The van der Waals surface area contributed by atoms with E-state index in [1.165, 1.54) is 22.8 Å². The van der Waals surface area contributed by atoms with E-state index in [1.54, 1.807) is 31.2 Å². The first-order valence-corrected chi connectivity index (χ1v) is 9.55. The number of ether oxygens (including phenoxy) is 1. The molecule has 0 aliphatic heterocycles. The Bertz CT molecular complexity index is 1220. The van der Waals surface area contributed by atoms with Crippen LogP contribution in [0, 0.1) is 25.2 Å². The van der Waals surface area contributed by atoms with Gasteiger partial charge in [0.1, 0.15) is 18.2 Å². The molecule has 29 heavy (non-hydrogen) atoms. The number of amides is 1. The molecular formula is C20H18N4O4S. The molecule has 0 aliphatic carbocycles. The van der Waals surface area contributed by atoms with Crippen LogP contribution in [0.5, 0.6) is 0 Å². The van der Waals surface area contributed by atoms with Gasteiger partial charge in [-0.25, -0.2) is 9.78 Å². The molecule has 0 spiro atoms. The third kappa shape index (κ3) is 4.02. The molecule has 148 valence electrons. The standard InChI is InChI=1S/C20H18N4O4S/c1-11-12(2)29-18(22-13(3)25)17(11)20(27)28-10-16-23-15-7-5-4-6-14(15)19(26)24(16)9-8-21/h4-7H,9-10H2,1-3H3,(H,22,25). The van der Waals surface area contributed by atoms with Crippen LogP contribution in [0.4, 0.5) is 5.00 Å². The normalized spacial score (nSPS) is 10.6. The number of fused-ring (bicyclic) bond motifs is 1. The number of carbonyl (C=O) groups is 2. The van der Waals surface area contributed by atoms with E-state index in [-0.39, 0.29) is 36.0 Å². The number of carbonyl (C=O) groups excluding carboxylic acids is 2. The number of nitrogens with one attached hydrogen (secondary N) is 1. The highest BCUT2D eigenvalue weighted by molar-refractivity contribution is 7.16. The Labute approximate surface area is 170 Å². The molecule has 0 saturated carbocycles. The van der Waals surface area contributed by atoms with Crippen molar-refractivity contribution in [3.63, 3.8) is 0 Å². The highest BCUT2D eigenvalue weighted by Gasteiger charge is 2.22. The molecule has 2 heterocycles. The number of aromatic nitrogens is 2. The van der Waals surface area contributed by atoms with E-state index in [4.69, 9.17) is 10.00 Å². The second-order valence-corrected chi connectivity index (χ2v) is 7.56. The van der Waals surface area contributed by atoms with Gasteiger partial charge in [-0.2, -0.15) is 5.26 Å². The monoisotopic (exact) mass is 410 g/mol. The summed E-state index contributed by atoms with van der Waals surface area (Å²) in [5.41, 5.74) is 1.08. The number of anilines is 1. The van der Waals surface area contributed by atoms with Crippen molar-refractivity contribution in [2.75, 3.05) is 5.32 Å². The lowest BCUT2D eigenvalue weighted by atomic mass is 10.1. The molecule has 8 nitrogen and oxygen atoms in total. The summed E-state index contributed by atoms with van der Waals surface area (Å²) in [6, 6.07) is 8.70. The first-order chi connectivity index (χ1) is 13.8. The topological polar surface area (TPSA) is 114 Å². The number of hydrogen-bond acceptors (Lipinski definition) is 7. The molecule has 1 aromatic carbocycles. The van der Waals surface area contributed by atoms with Gasteiger partial charge in [-0.05, 0) is 31.5 Å². The smallest absolute Gasteiger partial charge is 0.341 e. The van der Waals surface area contributed by atoms with Crippen molar-refractivity contribution >= 4 is 39.1 Å². The summed E-state index contributed by atoms with van der Waals surface area (Å²) in [6.07, 6.45) is 0. The van der Waals surface area contributed by atoms with Gasteiger partial charge in [0, 0.05) is 11.8 Å². The molecule has 9 heteroatoms. The van der Waals surface area contributed by atoms with Crippen LogP contribution >= 0.6 is 11.3 Å². The Hall–Kier alpha value is -3.51. The lowest BCUT2D eigenvalue weighted by Gasteiger charge is -2.12. The van der Waals surface area contributed by atoms with Crippen molar-refractivity contribution in [2.45, 2.75) is 33.9 Å². The maximum absolute atomic E-state index is 12.7. The van der Waals surface area contributed by atoms with Gasteiger partial charge in [-0.1, -0.05) is 12.1 Å². The quantitative estimate of drug-likeness (QED) is 0.647. The van der Waals surface area contributed by atoms with Gasteiger partial charge in [-0.15, -0.1) is 11.3 Å². The predicted octanol–water partition coefficient (Wildman–Crippen LogP) is 2.91. The summed E-state index contributed by atoms with van der Waals surface area (Å²) in [7, 11) is 0. The van der Waals surface area contributed by atoms with E-state index in [1.807, 2.05) is 13.0 Å². The summed E-state index contributed by atoms with van der Waals surface area (Å²) < 4.78 is 6.60. The Kier molecular flexibility index (Phi) is 5.75. The fourth-order valence-electron chi connectivity index (χ4n) is 2.88. The van der Waals surface area contributed by atoms with Gasteiger partial charge in [-0.3, -0.25) is 14.2 Å². The molecule has 1 amide bonds. The second-order valence-electron chi connectivity index (χ2n) is 6.34. The molecular weight excluding hydrogens is 392 g/mol. The summed E-state index contributed by atoms with van der Waals surface area (Å²) in [6.45, 7) is 4.48. The molecule has 0 atom stereocenters. The average Bonchev–Trinajstić information content (AvgIpc) is 2.95. The van der Waals surface area contributed by atoms with E-state index in [0.29, 0.717) is 21.5 Å². The van der Waals surface area contributed by atoms with E-state index >= 15 is 0 Å². The lowest BCUT2D eigenvalue weighted by Crippen LogP contribution is -2.26. The number of para-hydroxylation sites is 1. The van der Waals surface area contributed by atoms with Gasteiger partial charge in [0.05, 0.1) is 22.5 Å². The minimum atomic E-state index is -0.637. The number of hydrogen-bond donors (Lipinski definition) is 1. The van der Waals surface area contributed by atoms with Crippen LogP contribution in [0.3, 0.4) is 0 Å². The number of nitrogens with zero attached hydrogens (tertiary/aromatic N) is 3. The fourth-order valence-corrected chi connectivity index (χ4v) is 3.98. The van der Waals surface area contributed by atoms with E-state index < -0.39 is 5.97 Å². The molecule has 3 aromatic rings. The summed E-state index contributed by atoms with van der Waals surface area (Å²) in [5, 5.41) is 12.5. The van der Waals surface area contributed by atoms with Crippen LogP contribution in [0.1, 0.15) is 33.5 Å². The van der Waals surface area contributed by atoms with Crippen LogP contribution < -0.4 is 10.9 Å². The maximum atomic E-state index is 12.7. The zero-order valence-electron chi connectivity index (χ0n) is 16.1. The molecule has 0 unspecified atom stereocenters. The average molecular weight is 410 g/mol. The van der Waals surface area contributed by atoms with Crippen molar-refractivity contribution in [1.82, 2.24) is 9.55 Å². The van der Waals surface area contributed by atoms with Gasteiger partial charge < -0.3 is 10.1 Å². The van der Waals surface area contributed by atoms with Gasteiger partial charge >= 0.3 is 5.97 Å². The number of esters is 1. The molecule has 2 aromatic heterocycles. The summed E-state index contributed by atoms with van der Waals surface area (Å²) in [4.78, 5) is 42.1. The van der Waals surface area contributed by atoms with E-state index in [2.05, 4.69) is 10.3 Å². The van der Waals surface area contributed by atoms with Crippen LogP contribution in [0.2, 0.25) is 0 Å². The molecule has 0 bridgehead atoms. The number of rotatable bonds is 5. The van der Waals surface area contributed by atoms with Crippen LogP contribution in [-0.4, -0.2) is 21.4 Å². The SMILES string of the molecule is CC(=O)Nc1sc(C)c(C)c1C(=O)OCc1nc2ccccc2c(=O)n1CC#N. The predicted molar refractivity (Wildman–Crippen MR) is 109 cm³/mol. The molecule has 0 radical (unpaired) electrons.